The molecule has 0 unspecified atom stereocenters. The van der Waals surface area contributed by atoms with E-state index in [0.29, 0.717) is 5.13 Å². The summed E-state index contributed by atoms with van der Waals surface area (Å²) in [5, 5.41) is 6.31. The number of anilines is 2. The Morgan fingerprint density at radius 2 is 2.24 bits per heavy atom. The SMILES string of the molecule is Cc1cccc(NC(=O)Nc2nc3c(s2)CN(C)CC3)c1. The van der Waals surface area contributed by atoms with Crippen LogP contribution in [0.1, 0.15) is 16.1 Å². The van der Waals surface area contributed by atoms with Gasteiger partial charge in [0.05, 0.1) is 5.69 Å². The standard InChI is InChI=1S/C15H18N4OS/c1-10-4-3-5-11(8-10)16-14(20)18-15-17-12-6-7-19(2)9-13(12)21-15/h3-5,8H,6-7,9H2,1-2H3,(H2,16,17,18,20). The van der Waals surface area contributed by atoms with Crippen LogP contribution in [0.2, 0.25) is 0 Å². The van der Waals surface area contributed by atoms with Gasteiger partial charge < -0.3 is 10.2 Å². The molecule has 2 amide bonds. The Bertz CT molecular complexity index is 667. The molecule has 0 fully saturated rings. The van der Waals surface area contributed by atoms with E-state index in [2.05, 4.69) is 27.6 Å². The van der Waals surface area contributed by atoms with Crippen LogP contribution in [-0.4, -0.2) is 29.5 Å². The van der Waals surface area contributed by atoms with Crippen molar-refractivity contribution >= 4 is 28.2 Å². The smallest absolute Gasteiger partial charge is 0.308 e. The van der Waals surface area contributed by atoms with Gasteiger partial charge in [-0.3, -0.25) is 5.32 Å². The lowest BCUT2D eigenvalue weighted by molar-refractivity contribution is 0.262. The topological polar surface area (TPSA) is 57.3 Å². The minimum absolute atomic E-state index is 0.250. The second-order valence-electron chi connectivity index (χ2n) is 5.33. The fraction of sp³-hybridized carbons (Fsp3) is 0.333. The minimum Gasteiger partial charge on any atom is -0.308 e. The summed E-state index contributed by atoms with van der Waals surface area (Å²) in [5.74, 6) is 0. The Kier molecular flexibility index (Phi) is 3.90. The first-order chi connectivity index (χ1) is 10.1. The van der Waals surface area contributed by atoms with E-state index in [1.165, 1.54) is 4.88 Å². The lowest BCUT2D eigenvalue weighted by Crippen LogP contribution is -2.25. The number of nitrogens with one attached hydrogen (secondary N) is 2. The average Bonchev–Trinajstić information content (AvgIpc) is 2.79. The van der Waals surface area contributed by atoms with Crippen LogP contribution in [0.25, 0.3) is 0 Å². The molecule has 0 aliphatic carbocycles. The largest absolute Gasteiger partial charge is 0.325 e. The fourth-order valence-corrected chi connectivity index (χ4v) is 3.44. The minimum atomic E-state index is -0.250. The van der Waals surface area contributed by atoms with E-state index >= 15 is 0 Å². The normalized spacial score (nSPS) is 14.6. The zero-order chi connectivity index (χ0) is 14.8. The summed E-state index contributed by atoms with van der Waals surface area (Å²) >= 11 is 1.56. The number of aryl methyl sites for hydroxylation is 1. The highest BCUT2D eigenvalue weighted by molar-refractivity contribution is 7.15. The molecular formula is C15H18N4OS. The first-order valence-electron chi connectivity index (χ1n) is 6.92. The van der Waals surface area contributed by atoms with Gasteiger partial charge in [0, 0.05) is 30.1 Å². The van der Waals surface area contributed by atoms with Gasteiger partial charge in [-0.25, -0.2) is 9.78 Å². The molecule has 0 spiro atoms. The predicted octanol–water partition coefficient (Wildman–Crippen LogP) is 3.08. The molecule has 0 bridgehead atoms. The molecule has 3 rings (SSSR count). The number of fused-ring (bicyclic) bond motifs is 1. The van der Waals surface area contributed by atoms with Gasteiger partial charge in [-0.05, 0) is 31.7 Å². The highest BCUT2D eigenvalue weighted by Gasteiger charge is 2.19. The van der Waals surface area contributed by atoms with Crippen molar-refractivity contribution in [3.05, 3.63) is 40.4 Å². The number of amides is 2. The van der Waals surface area contributed by atoms with Crippen LogP contribution in [0.5, 0.6) is 0 Å². The first-order valence-corrected chi connectivity index (χ1v) is 7.73. The number of carbonyl (C=O) groups excluding carboxylic acids is 1. The fourth-order valence-electron chi connectivity index (χ4n) is 2.36. The number of urea groups is 1. The van der Waals surface area contributed by atoms with E-state index in [9.17, 15) is 4.79 Å². The van der Waals surface area contributed by atoms with Crippen molar-refractivity contribution in [2.24, 2.45) is 0 Å². The molecule has 2 heterocycles. The predicted molar refractivity (Wildman–Crippen MR) is 86.0 cm³/mol. The Morgan fingerprint density at radius 1 is 1.38 bits per heavy atom. The van der Waals surface area contributed by atoms with Gasteiger partial charge >= 0.3 is 6.03 Å². The zero-order valence-corrected chi connectivity index (χ0v) is 13.0. The van der Waals surface area contributed by atoms with E-state index in [1.54, 1.807) is 11.3 Å². The zero-order valence-electron chi connectivity index (χ0n) is 12.1. The number of hydrogen-bond acceptors (Lipinski definition) is 4. The maximum atomic E-state index is 12.0. The number of carbonyl (C=O) groups is 1. The van der Waals surface area contributed by atoms with Crippen molar-refractivity contribution in [1.29, 1.82) is 0 Å². The van der Waals surface area contributed by atoms with Crippen molar-refractivity contribution in [1.82, 2.24) is 9.88 Å². The number of rotatable bonds is 2. The molecule has 0 radical (unpaired) electrons. The summed E-state index contributed by atoms with van der Waals surface area (Å²) in [4.78, 5) is 20.0. The molecule has 21 heavy (non-hydrogen) atoms. The van der Waals surface area contributed by atoms with Crippen molar-refractivity contribution in [2.45, 2.75) is 19.9 Å². The molecule has 1 aromatic heterocycles. The maximum absolute atomic E-state index is 12.0. The van der Waals surface area contributed by atoms with Crippen LogP contribution in [0, 0.1) is 6.92 Å². The Morgan fingerprint density at radius 3 is 3.05 bits per heavy atom. The number of nitrogens with zero attached hydrogens (tertiary/aromatic N) is 2. The molecule has 2 aromatic rings. The quantitative estimate of drug-likeness (QED) is 0.896. The Hall–Kier alpha value is -1.92. The second-order valence-corrected chi connectivity index (χ2v) is 6.41. The molecule has 2 N–H and O–H groups in total. The van der Waals surface area contributed by atoms with E-state index in [4.69, 9.17) is 0 Å². The van der Waals surface area contributed by atoms with Crippen LogP contribution in [0.15, 0.2) is 24.3 Å². The molecule has 6 heteroatoms. The van der Waals surface area contributed by atoms with Crippen LogP contribution in [0.3, 0.4) is 0 Å². The average molecular weight is 302 g/mol. The van der Waals surface area contributed by atoms with Crippen molar-refractivity contribution in [2.75, 3.05) is 24.2 Å². The van der Waals surface area contributed by atoms with E-state index in [-0.39, 0.29) is 6.03 Å². The molecule has 110 valence electrons. The van der Waals surface area contributed by atoms with Crippen molar-refractivity contribution < 1.29 is 4.79 Å². The highest BCUT2D eigenvalue weighted by Crippen LogP contribution is 2.27. The molecular weight excluding hydrogens is 284 g/mol. The van der Waals surface area contributed by atoms with Gasteiger partial charge in [-0.2, -0.15) is 0 Å². The van der Waals surface area contributed by atoms with Crippen LogP contribution in [-0.2, 0) is 13.0 Å². The van der Waals surface area contributed by atoms with E-state index < -0.39 is 0 Å². The number of hydrogen-bond donors (Lipinski definition) is 2. The summed E-state index contributed by atoms with van der Waals surface area (Å²) in [6.45, 7) is 3.92. The number of likely N-dealkylation sites (N-methyl/N-ethyl adjacent to an activating group) is 1. The third-order valence-corrected chi connectivity index (χ3v) is 4.42. The van der Waals surface area contributed by atoms with Gasteiger partial charge in [0.2, 0.25) is 0 Å². The highest BCUT2D eigenvalue weighted by atomic mass is 32.1. The lowest BCUT2D eigenvalue weighted by Gasteiger charge is -2.20. The molecule has 0 saturated carbocycles. The maximum Gasteiger partial charge on any atom is 0.325 e. The summed E-state index contributed by atoms with van der Waals surface area (Å²) in [7, 11) is 2.10. The Labute approximate surface area is 128 Å². The van der Waals surface area contributed by atoms with Gasteiger partial charge in [-0.15, -0.1) is 11.3 Å². The summed E-state index contributed by atoms with van der Waals surface area (Å²) in [6, 6.07) is 7.47. The van der Waals surface area contributed by atoms with Gasteiger partial charge in [-0.1, -0.05) is 12.1 Å². The monoisotopic (exact) mass is 302 g/mol. The molecule has 5 nitrogen and oxygen atoms in total. The molecule has 1 aromatic carbocycles. The van der Waals surface area contributed by atoms with Gasteiger partial charge in [0.1, 0.15) is 0 Å². The molecule has 1 aliphatic rings. The lowest BCUT2D eigenvalue weighted by atomic mass is 10.2. The molecule has 0 atom stereocenters. The molecule has 1 aliphatic heterocycles. The summed E-state index contributed by atoms with van der Waals surface area (Å²) < 4.78 is 0. The second kappa shape index (κ2) is 5.83. The number of aromatic nitrogens is 1. The van der Waals surface area contributed by atoms with Gasteiger partial charge in [0.15, 0.2) is 5.13 Å². The van der Waals surface area contributed by atoms with E-state index in [1.807, 2.05) is 31.2 Å². The summed E-state index contributed by atoms with van der Waals surface area (Å²) in [6.07, 6.45) is 0.948. The van der Waals surface area contributed by atoms with Crippen LogP contribution >= 0.6 is 11.3 Å². The van der Waals surface area contributed by atoms with Gasteiger partial charge in [0.25, 0.3) is 0 Å². The third-order valence-electron chi connectivity index (χ3n) is 3.42. The number of thiazole rings is 1. The van der Waals surface area contributed by atoms with Crippen molar-refractivity contribution in [3.8, 4) is 0 Å². The third kappa shape index (κ3) is 3.40. The van der Waals surface area contributed by atoms with Crippen LogP contribution in [0.4, 0.5) is 15.6 Å². The first kappa shape index (κ1) is 14.0. The number of benzene rings is 1. The van der Waals surface area contributed by atoms with Crippen molar-refractivity contribution in [3.63, 3.8) is 0 Å². The van der Waals surface area contributed by atoms with E-state index in [0.717, 1.165) is 36.5 Å². The molecule has 0 saturated heterocycles. The van der Waals surface area contributed by atoms with Crippen LogP contribution < -0.4 is 10.6 Å². The Balaban J connectivity index is 1.65. The summed E-state index contributed by atoms with van der Waals surface area (Å²) in [5.41, 5.74) is 3.01.